The Hall–Kier alpha value is -2.18. The lowest BCUT2D eigenvalue weighted by atomic mass is 10.1. The Kier molecular flexibility index (Phi) is 4.72. The van der Waals surface area contributed by atoms with Crippen molar-refractivity contribution in [2.24, 2.45) is 0 Å². The fraction of sp³-hybridized carbons (Fsp3) is 0.571. The van der Waals surface area contributed by atoms with Crippen LogP contribution in [0.3, 0.4) is 0 Å². The van der Waals surface area contributed by atoms with E-state index in [0.717, 1.165) is 12.8 Å². The second-order valence-corrected chi connectivity index (χ2v) is 5.41. The van der Waals surface area contributed by atoms with E-state index in [1.54, 1.807) is 10.8 Å². The maximum atomic E-state index is 12.2. The molecular weight excluding hydrogens is 270 g/mol. The van der Waals surface area contributed by atoms with Gasteiger partial charge < -0.3 is 5.32 Å². The quantitative estimate of drug-likeness (QED) is 0.466. The summed E-state index contributed by atoms with van der Waals surface area (Å²) in [5.41, 5.74) is 0.704. The van der Waals surface area contributed by atoms with Gasteiger partial charge in [0.1, 0.15) is 6.04 Å². The Morgan fingerprint density at radius 3 is 2.86 bits per heavy atom. The number of imide groups is 1. The third kappa shape index (κ3) is 3.48. The molecule has 1 aromatic heterocycles. The van der Waals surface area contributed by atoms with Crippen molar-refractivity contribution in [1.82, 2.24) is 25.2 Å². The average Bonchev–Trinajstić information content (AvgIpc) is 2.99. The smallest absolute Gasteiger partial charge is 0.324 e. The van der Waals surface area contributed by atoms with Crippen LogP contribution in [-0.2, 0) is 11.2 Å². The monoisotopic (exact) mass is 291 g/mol. The molecule has 0 spiro atoms. The number of aromatic nitrogens is 3. The summed E-state index contributed by atoms with van der Waals surface area (Å²) >= 11 is 0. The molecule has 2 rings (SSSR count). The number of unbranched alkanes of at least 4 members (excludes halogenated alkanes) is 1. The molecule has 114 valence electrons. The lowest BCUT2D eigenvalue weighted by Crippen LogP contribution is -2.33. The molecule has 1 aliphatic heterocycles. The number of hydrogen-bond donors (Lipinski definition) is 1. The number of allylic oxidation sites excluding steroid dienone is 1. The topological polar surface area (TPSA) is 80.1 Å². The molecule has 1 N–H and O–H groups in total. The van der Waals surface area contributed by atoms with Crippen LogP contribution in [0.2, 0.25) is 0 Å². The van der Waals surface area contributed by atoms with Gasteiger partial charge in [-0.2, -0.15) is 0 Å². The van der Waals surface area contributed by atoms with Gasteiger partial charge in [-0.25, -0.2) is 9.48 Å². The number of urea groups is 1. The van der Waals surface area contributed by atoms with Crippen molar-refractivity contribution in [2.45, 2.75) is 45.2 Å². The van der Waals surface area contributed by atoms with Gasteiger partial charge in [0.25, 0.3) is 5.91 Å². The van der Waals surface area contributed by atoms with Gasteiger partial charge in [0.05, 0.1) is 5.69 Å². The number of nitrogens with zero attached hydrogens (tertiary/aromatic N) is 4. The van der Waals surface area contributed by atoms with Gasteiger partial charge in [0.2, 0.25) is 0 Å². The van der Waals surface area contributed by atoms with Gasteiger partial charge in [-0.15, -0.1) is 11.7 Å². The summed E-state index contributed by atoms with van der Waals surface area (Å²) in [6.07, 6.45) is 5.48. The van der Waals surface area contributed by atoms with Crippen LogP contribution in [0.25, 0.3) is 0 Å². The van der Waals surface area contributed by atoms with Crippen molar-refractivity contribution >= 4 is 11.9 Å². The summed E-state index contributed by atoms with van der Waals surface area (Å²) in [6.45, 7) is 8.06. The molecule has 1 atom stereocenters. The molecule has 2 heterocycles. The lowest BCUT2D eigenvalue weighted by Gasteiger charge is -2.11. The SMILES string of the molecule is C=CCCCN1C(=O)NC(Cc2cn(C(C)C)nn2)C1=O. The first-order valence-corrected chi connectivity index (χ1v) is 7.16. The van der Waals surface area contributed by atoms with Gasteiger partial charge in [-0.3, -0.25) is 9.69 Å². The molecule has 1 unspecified atom stereocenters. The lowest BCUT2D eigenvalue weighted by molar-refractivity contribution is -0.127. The second kappa shape index (κ2) is 6.51. The van der Waals surface area contributed by atoms with Crippen LogP contribution >= 0.6 is 0 Å². The summed E-state index contributed by atoms with van der Waals surface area (Å²) in [7, 11) is 0. The summed E-state index contributed by atoms with van der Waals surface area (Å²) in [6, 6.07) is -0.653. The molecule has 1 aromatic rings. The third-order valence-electron chi connectivity index (χ3n) is 3.40. The Labute approximate surface area is 124 Å². The first-order chi connectivity index (χ1) is 10.0. The van der Waals surface area contributed by atoms with Crippen molar-refractivity contribution in [1.29, 1.82) is 0 Å². The molecular formula is C14H21N5O2. The van der Waals surface area contributed by atoms with Crippen molar-refractivity contribution in [3.05, 3.63) is 24.5 Å². The predicted octanol–water partition coefficient (Wildman–Crippen LogP) is 1.29. The van der Waals surface area contributed by atoms with E-state index in [9.17, 15) is 9.59 Å². The molecule has 0 radical (unpaired) electrons. The Balaban J connectivity index is 1.96. The highest BCUT2D eigenvalue weighted by Crippen LogP contribution is 2.12. The van der Waals surface area contributed by atoms with Gasteiger partial charge in [0.15, 0.2) is 0 Å². The number of rotatable bonds is 7. The average molecular weight is 291 g/mol. The minimum absolute atomic E-state index is 0.192. The van der Waals surface area contributed by atoms with Gasteiger partial charge in [-0.1, -0.05) is 11.3 Å². The minimum Gasteiger partial charge on any atom is -0.325 e. The van der Waals surface area contributed by atoms with E-state index in [1.165, 1.54) is 4.90 Å². The van der Waals surface area contributed by atoms with Crippen LogP contribution in [0, 0.1) is 0 Å². The first-order valence-electron chi connectivity index (χ1n) is 7.16. The number of carbonyl (C=O) groups is 2. The first kappa shape index (κ1) is 15.2. The molecule has 1 saturated heterocycles. The zero-order chi connectivity index (χ0) is 15.4. The molecule has 0 bridgehead atoms. The Morgan fingerprint density at radius 2 is 2.24 bits per heavy atom. The summed E-state index contributed by atoms with van der Waals surface area (Å²) < 4.78 is 1.73. The van der Waals surface area contributed by atoms with E-state index in [1.807, 2.05) is 20.0 Å². The van der Waals surface area contributed by atoms with Crippen LogP contribution in [0.4, 0.5) is 4.79 Å². The highest BCUT2D eigenvalue weighted by atomic mass is 16.2. The summed E-state index contributed by atoms with van der Waals surface area (Å²) in [5.74, 6) is -0.192. The normalized spacial score (nSPS) is 18.4. The van der Waals surface area contributed by atoms with Gasteiger partial charge in [0, 0.05) is 25.2 Å². The minimum atomic E-state index is -0.543. The van der Waals surface area contributed by atoms with Crippen molar-refractivity contribution in [3.8, 4) is 0 Å². The number of amides is 3. The zero-order valence-electron chi connectivity index (χ0n) is 12.5. The number of hydrogen-bond acceptors (Lipinski definition) is 4. The van der Waals surface area contributed by atoms with Crippen LogP contribution in [0.5, 0.6) is 0 Å². The van der Waals surface area contributed by atoms with Crippen LogP contribution in [-0.4, -0.2) is 44.4 Å². The van der Waals surface area contributed by atoms with E-state index >= 15 is 0 Å². The summed E-state index contributed by atoms with van der Waals surface area (Å²) in [5, 5.41) is 10.7. The highest BCUT2D eigenvalue weighted by molar-refractivity contribution is 6.04. The zero-order valence-corrected chi connectivity index (χ0v) is 12.5. The summed E-state index contributed by atoms with van der Waals surface area (Å²) in [4.78, 5) is 25.3. The molecule has 0 aliphatic carbocycles. The number of nitrogens with one attached hydrogen (secondary N) is 1. The molecule has 1 aliphatic rings. The van der Waals surface area contributed by atoms with E-state index in [4.69, 9.17) is 0 Å². The molecule has 7 nitrogen and oxygen atoms in total. The van der Waals surface area contributed by atoms with E-state index in [0.29, 0.717) is 18.7 Å². The van der Waals surface area contributed by atoms with E-state index in [-0.39, 0.29) is 18.0 Å². The molecule has 7 heteroatoms. The maximum Gasteiger partial charge on any atom is 0.324 e. The Morgan fingerprint density at radius 1 is 1.48 bits per heavy atom. The van der Waals surface area contributed by atoms with Crippen molar-refractivity contribution in [3.63, 3.8) is 0 Å². The van der Waals surface area contributed by atoms with E-state index in [2.05, 4.69) is 22.2 Å². The molecule has 3 amide bonds. The van der Waals surface area contributed by atoms with Crippen LogP contribution < -0.4 is 5.32 Å². The van der Waals surface area contributed by atoms with Gasteiger partial charge in [-0.05, 0) is 26.7 Å². The molecule has 0 aromatic carbocycles. The Bertz CT molecular complexity index is 537. The second-order valence-electron chi connectivity index (χ2n) is 5.41. The standard InChI is InChI=1S/C14H21N5O2/c1-4-5-6-7-18-13(20)12(15-14(18)21)8-11-9-19(10(2)3)17-16-11/h4,9-10,12H,1,5-8H2,2-3H3,(H,15,21). The van der Waals surface area contributed by atoms with Crippen LogP contribution in [0.15, 0.2) is 18.9 Å². The largest absolute Gasteiger partial charge is 0.325 e. The molecule has 0 saturated carbocycles. The molecule has 1 fully saturated rings. The predicted molar refractivity (Wildman–Crippen MR) is 77.6 cm³/mol. The van der Waals surface area contributed by atoms with E-state index < -0.39 is 6.04 Å². The highest BCUT2D eigenvalue weighted by Gasteiger charge is 2.37. The fourth-order valence-electron chi connectivity index (χ4n) is 2.19. The fourth-order valence-corrected chi connectivity index (χ4v) is 2.19. The van der Waals surface area contributed by atoms with Gasteiger partial charge >= 0.3 is 6.03 Å². The van der Waals surface area contributed by atoms with Crippen LogP contribution in [0.1, 0.15) is 38.4 Å². The number of carbonyl (C=O) groups excluding carboxylic acids is 2. The van der Waals surface area contributed by atoms with Crippen molar-refractivity contribution < 1.29 is 9.59 Å². The van der Waals surface area contributed by atoms with Crippen molar-refractivity contribution in [2.75, 3.05) is 6.54 Å². The maximum absolute atomic E-state index is 12.2. The molecule has 21 heavy (non-hydrogen) atoms. The third-order valence-corrected chi connectivity index (χ3v) is 3.40.